The maximum Gasteiger partial charge on any atom is 0.238 e. The maximum absolute atomic E-state index is 12.1. The van der Waals surface area contributed by atoms with Crippen LogP contribution < -0.4 is 10.6 Å². The van der Waals surface area contributed by atoms with Gasteiger partial charge in [0.15, 0.2) is 0 Å². The minimum absolute atomic E-state index is 0.0308. The zero-order valence-corrected chi connectivity index (χ0v) is 14.1. The third kappa shape index (κ3) is 7.82. The summed E-state index contributed by atoms with van der Waals surface area (Å²) >= 11 is 0. The third-order valence-electron chi connectivity index (χ3n) is 4.31. The quantitative estimate of drug-likeness (QED) is 0.576. The van der Waals surface area contributed by atoms with Gasteiger partial charge in [0, 0.05) is 26.2 Å². The van der Waals surface area contributed by atoms with Crippen LogP contribution >= 0.6 is 0 Å². The Bertz CT molecular complexity index is 271. The number of likely N-dealkylation sites (N-methyl/N-ethyl adjacent to an activating group) is 1. The van der Waals surface area contributed by atoms with Crippen LogP contribution in [0.25, 0.3) is 0 Å². The van der Waals surface area contributed by atoms with Crippen LogP contribution in [0.1, 0.15) is 65.2 Å². The molecule has 1 aliphatic heterocycles. The van der Waals surface area contributed by atoms with E-state index in [9.17, 15) is 4.79 Å². The van der Waals surface area contributed by atoms with E-state index in [0.717, 1.165) is 32.7 Å². The molecule has 124 valence electrons. The largest absolute Gasteiger partial charge is 0.355 e. The minimum Gasteiger partial charge on any atom is -0.355 e. The van der Waals surface area contributed by atoms with Gasteiger partial charge < -0.3 is 10.6 Å². The second-order valence-electron chi connectivity index (χ2n) is 6.13. The monoisotopic (exact) mass is 297 g/mol. The molecule has 1 unspecified atom stereocenters. The first kappa shape index (κ1) is 18.4. The molecule has 1 heterocycles. The Labute approximate surface area is 131 Å². The van der Waals surface area contributed by atoms with E-state index in [2.05, 4.69) is 22.5 Å². The molecule has 0 spiro atoms. The van der Waals surface area contributed by atoms with E-state index in [1.807, 2.05) is 6.92 Å². The lowest BCUT2D eigenvalue weighted by Gasteiger charge is -2.35. The normalized spacial score (nSPS) is 19.6. The number of amides is 1. The molecule has 21 heavy (non-hydrogen) atoms. The molecular weight excluding hydrogens is 262 g/mol. The van der Waals surface area contributed by atoms with Crippen molar-refractivity contribution in [1.82, 2.24) is 15.5 Å². The second kappa shape index (κ2) is 12.0. The van der Waals surface area contributed by atoms with Gasteiger partial charge in [0.2, 0.25) is 5.91 Å². The van der Waals surface area contributed by atoms with Crippen molar-refractivity contribution in [3.05, 3.63) is 0 Å². The lowest BCUT2D eigenvalue weighted by atomic mass is 10.1. The van der Waals surface area contributed by atoms with Gasteiger partial charge >= 0.3 is 0 Å². The average Bonchev–Trinajstić information content (AvgIpc) is 2.50. The highest BCUT2D eigenvalue weighted by Gasteiger charge is 2.27. The number of carbonyl (C=O) groups excluding carboxylic acids is 1. The van der Waals surface area contributed by atoms with Crippen molar-refractivity contribution in [1.29, 1.82) is 0 Å². The Morgan fingerprint density at radius 3 is 2.43 bits per heavy atom. The third-order valence-corrected chi connectivity index (χ3v) is 4.31. The summed E-state index contributed by atoms with van der Waals surface area (Å²) in [5.74, 6) is 0.185. The Balaban J connectivity index is 2.12. The van der Waals surface area contributed by atoms with Crippen molar-refractivity contribution in [3.8, 4) is 0 Å². The molecule has 1 fully saturated rings. The first-order valence-corrected chi connectivity index (χ1v) is 9.02. The molecule has 0 aromatic carbocycles. The molecule has 0 aromatic heterocycles. The number of hydrogen-bond donors (Lipinski definition) is 2. The summed E-state index contributed by atoms with van der Waals surface area (Å²) in [5.41, 5.74) is 0. The number of piperazine rings is 1. The van der Waals surface area contributed by atoms with Gasteiger partial charge in [-0.05, 0) is 19.9 Å². The Morgan fingerprint density at radius 1 is 1.10 bits per heavy atom. The highest BCUT2D eigenvalue weighted by molar-refractivity contribution is 5.82. The van der Waals surface area contributed by atoms with E-state index in [1.54, 1.807) is 0 Å². The number of hydrogen-bond acceptors (Lipinski definition) is 3. The van der Waals surface area contributed by atoms with Crippen molar-refractivity contribution in [2.45, 2.75) is 71.3 Å². The van der Waals surface area contributed by atoms with Crippen LogP contribution in [0.15, 0.2) is 0 Å². The molecule has 1 atom stereocenters. The first-order valence-electron chi connectivity index (χ1n) is 9.02. The molecule has 0 radical (unpaired) electrons. The molecule has 2 N–H and O–H groups in total. The second-order valence-corrected chi connectivity index (χ2v) is 6.13. The van der Waals surface area contributed by atoms with Crippen molar-refractivity contribution in [2.24, 2.45) is 0 Å². The number of nitrogens with zero attached hydrogens (tertiary/aromatic N) is 1. The summed E-state index contributed by atoms with van der Waals surface area (Å²) in [7, 11) is 0. The van der Waals surface area contributed by atoms with E-state index in [1.165, 1.54) is 51.4 Å². The molecule has 1 aliphatic rings. The number of nitrogens with one attached hydrogen (secondary N) is 2. The fourth-order valence-corrected chi connectivity index (χ4v) is 3.01. The van der Waals surface area contributed by atoms with E-state index >= 15 is 0 Å². The molecule has 0 saturated carbocycles. The summed E-state index contributed by atoms with van der Waals surface area (Å²) in [6.45, 7) is 8.84. The van der Waals surface area contributed by atoms with Gasteiger partial charge in [0.1, 0.15) is 6.04 Å². The minimum atomic E-state index is 0.0308. The van der Waals surface area contributed by atoms with Crippen molar-refractivity contribution < 1.29 is 4.79 Å². The van der Waals surface area contributed by atoms with Crippen molar-refractivity contribution in [2.75, 3.05) is 32.7 Å². The number of unbranched alkanes of at least 4 members (excludes halogenated alkanes) is 7. The highest BCUT2D eigenvalue weighted by Crippen LogP contribution is 2.11. The predicted molar refractivity (Wildman–Crippen MR) is 89.5 cm³/mol. The zero-order valence-electron chi connectivity index (χ0n) is 14.1. The van der Waals surface area contributed by atoms with E-state index < -0.39 is 0 Å². The van der Waals surface area contributed by atoms with Crippen molar-refractivity contribution >= 4 is 5.91 Å². The van der Waals surface area contributed by atoms with Gasteiger partial charge in [-0.1, -0.05) is 51.9 Å². The Morgan fingerprint density at radius 2 is 1.76 bits per heavy atom. The lowest BCUT2D eigenvalue weighted by molar-refractivity contribution is -0.127. The van der Waals surface area contributed by atoms with Gasteiger partial charge in [0.05, 0.1) is 0 Å². The van der Waals surface area contributed by atoms with Gasteiger partial charge in [-0.2, -0.15) is 0 Å². The van der Waals surface area contributed by atoms with Gasteiger partial charge in [-0.25, -0.2) is 0 Å². The van der Waals surface area contributed by atoms with Crippen LogP contribution in [0.4, 0.5) is 0 Å². The fourth-order valence-electron chi connectivity index (χ4n) is 3.01. The standard InChI is InChI=1S/C17H35N3O/c1-3-5-6-7-8-9-10-11-13-20-14-12-18-15-16(20)17(21)19-4-2/h16,18H,3-15H2,1-2H3,(H,19,21). The van der Waals surface area contributed by atoms with Crippen LogP contribution in [0.3, 0.4) is 0 Å². The van der Waals surface area contributed by atoms with E-state index in [0.29, 0.717) is 0 Å². The molecule has 0 aliphatic carbocycles. The molecule has 1 rings (SSSR count). The highest BCUT2D eigenvalue weighted by atomic mass is 16.2. The number of carbonyl (C=O) groups is 1. The smallest absolute Gasteiger partial charge is 0.238 e. The summed E-state index contributed by atoms with van der Waals surface area (Å²) in [4.78, 5) is 14.4. The molecule has 4 nitrogen and oxygen atoms in total. The van der Waals surface area contributed by atoms with Crippen molar-refractivity contribution in [3.63, 3.8) is 0 Å². The first-order chi connectivity index (χ1) is 10.3. The van der Waals surface area contributed by atoms with E-state index in [-0.39, 0.29) is 11.9 Å². The van der Waals surface area contributed by atoms with Gasteiger partial charge in [-0.3, -0.25) is 9.69 Å². The molecule has 1 amide bonds. The van der Waals surface area contributed by atoms with Crippen LogP contribution in [-0.2, 0) is 4.79 Å². The van der Waals surface area contributed by atoms with E-state index in [4.69, 9.17) is 0 Å². The zero-order chi connectivity index (χ0) is 15.3. The van der Waals surface area contributed by atoms with Gasteiger partial charge in [-0.15, -0.1) is 0 Å². The van der Waals surface area contributed by atoms with Crippen LogP contribution in [0, 0.1) is 0 Å². The molecule has 4 heteroatoms. The number of rotatable bonds is 11. The lowest BCUT2D eigenvalue weighted by Crippen LogP contribution is -2.57. The summed E-state index contributed by atoms with van der Waals surface area (Å²) in [6, 6.07) is 0.0308. The van der Waals surface area contributed by atoms with Crippen LogP contribution in [-0.4, -0.2) is 49.6 Å². The molecule has 0 bridgehead atoms. The molecule has 0 aromatic rings. The summed E-state index contributed by atoms with van der Waals surface area (Å²) in [5, 5.41) is 6.29. The molecule has 1 saturated heterocycles. The van der Waals surface area contributed by atoms with Crippen LogP contribution in [0.2, 0.25) is 0 Å². The maximum atomic E-state index is 12.1. The SMILES string of the molecule is CCCCCCCCCCN1CCNCC1C(=O)NCC. The summed E-state index contributed by atoms with van der Waals surface area (Å²) < 4.78 is 0. The predicted octanol–water partition coefficient (Wildman–Crippen LogP) is 2.54. The Hall–Kier alpha value is -0.610. The summed E-state index contributed by atoms with van der Waals surface area (Å²) in [6.07, 6.45) is 10.8. The molecular formula is C17H35N3O. The van der Waals surface area contributed by atoms with Gasteiger partial charge in [0.25, 0.3) is 0 Å². The average molecular weight is 297 g/mol. The Kier molecular flexibility index (Phi) is 10.5. The van der Waals surface area contributed by atoms with Crippen LogP contribution in [0.5, 0.6) is 0 Å². The fraction of sp³-hybridized carbons (Fsp3) is 0.941. The topological polar surface area (TPSA) is 44.4 Å².